The molecular weight excluding hydrogens is 376 g/mol. The van der Waals surface area contributed by atoms with Crippen LogP contribution in [0.5, 0.6) is 0 Å². The van der Waals surface area contributed by atoms with Crippen LogP contribution in [0.3, 0.4) is 0 Å². The fourth-order valence-electron chi connectivity index (χ4n) is 3.11. The first-order valence-electron chi connectivity index (χ1n) is 9.32. The van der Waals surface area contributed by atoms with Crippen molar-refractivity contribution in [3.8, 4) is 11.5 Å². The summed E-state index contributed by atoms with van der Waals surface area (Å²) >= 11 is 1.60. The van der Waals surface area contributed by atoms with E-state index in [2.05, 4.69) is 29.0 Å². The number of aromatic nitrogens is 3. The van der Waals surface area contributed by atoms with Crippen molar-refractivity contribution in [2.24, 2.45) is 0 Å². The Hall–Kier alpha value is -2.58. The fraction of sp³-hybridized carbons (Fsp3) is 0.400. The number of amides is 1. The maximum Gasteiger partial charge on any atom is 0.257 e. The Bertz CT molecular complexity index is 938. The zero-order chi connectivity index (χ0) is 19.5. The van der Waals surface area contributed by atoms with E-state index in [1.165, 1.54) is 0 Å². The van der Waals surface area contributed by atoms with Gasteiger partial charge in [-0.05, 0) is 12.1 Å². The summed E-state index contributed by atoms with van der Waals surface area (Å²) in [6.45, 7) is 5.56. The van der Waals surface area contributed by atoms with E-state index >= 15 is 0 Å². The van der Waals surface area contributed by atoms with E-state index in [4.69, 9.17) is 9.26 Å². The lowest BCUT2D eigenvalue weighted by Gasteiger charge is -2.33. The van der Waals surface area contributed by atoms with Gasteiger partial charge in [0.25, 0.3) is 5.89 Å². The van der Waals surface area contributed by atoms with Gasteiger partial charge >= 0.3 is 0 Å². The standard InChI is InChI=1S/C20H22N4O3S/c1-13(2)20-21-15(12-28-20)10-17(25)24-8-9-26-11-16(24)18-22-19(27-23-18)14-6-4-3-5-7-14/h3-7,12-13,16H,8-11H2,1-2H3. The lowest BCUT2D eigenvalue weighted by molar-refractivity contribution is -0.139. The zero-order valence-electron chi connectivity index (χ0n) is 15.9. The molecule has 1 atom stereocenters. The first-order valence-corrected chi connectivity index (χ1v) is 10.2. The summed E-state index contributed by atoms with van der Waals surface area (Å²) in [5.74, 6) is 1.27. The molecule has 0 N–H and O–H groups in total. The summed E-state index contributed by atoms with van der Waals surface area (Å²) in [7, 11) is 0. The molecule has 0 saturated carbocycles. The summed E-state index contributed by atoms with van der Waals surface area (Å²) in [6.07, 6.45) is 0.267. The van der Waals surface area contributed by atoms with Gasteiger partial charge in [0.05, 0.1) is 30.3 Å². The third-order valence-electron chi connectivity index (χ3n) is 4.61. The predicted molar refractivity (Wildman–Crippen MR) is 105 cm³/mol. The van der Waals surface area contributed by atoms with E-state index in [-0.39, 0.29) is 18.4 Å². The molecule has 1 fully saturated rings. The summed E-state index contributed by atoms with van der Waals surface area (Å²) in [5, 5.41) is 7.12. The highest BCUT2D eigenvalue weighted by molar-refractivity contribution is 7.09. The van der Waals surface area contributed by atoms with Crippen molar-refractivity contribution in [2.75, 3.05) is 19.8 Å². The molecule has 3 heterocycles. The fourth-order valence-corrected chi connectivity index (χ4v) is 3.94. The molecule has 2 aromatic heterocycles. The van der Waals surface area contributed by atoms with Crippen molar-refractivity contribution in [1.82, 2.24) is 20.0 Å². The number of carbonyl (C=O) groups is 1. The second-order valence-electron chi connectivity index (χ2n) is 7.01. The van der Waals surface area contributed by atoms with Gasteiger partial charge in [0, 0.05) is 23.4 Å². The van der Waals surface area contributed by atoms with E-state index in [0.29, 0.717) is 37.4 Å². The molecule has 3 aromatic rings. The second kappa shape index (κ2) is 8.20. The first kappa shape index (κ1) is 18.8. The third-order valence-corrected chi connectivity index (χ3v) is 5.80. The number of benzene rings is 1. The first-order chi connectivity index (χ1) is 13.6. The highest BCUT2D eigenvalue weighted by Crippen LogP contribution is 2.26. The molecule has 1 aromatic carbocycles. The van der Waals surface area contributed by atoms with Crippen LogP contribution >= 0.6 is 11.3 Å². The lowest BCUT2D eigenvalue weighted by atomic mass is 10.1. The van der Waals surface area contributed by atoms with Crippen LogP contribution in [0.15, 0.2) is 40.2 Å². The molecule has 1 saturated heterocycles. The van der Waals surface area contributed by atoms with Crippen LogP contribution < -0.4 is 0 Å². The van der Waals surface area contributed by atoms with Gasteiger partial charge in [-0.1, -0.05) is 37.2 Å². The summed E-state index contributed by atoms with van der Waals surface area (Å²) in [6, 6.07) is 9.22. The normalized spacial score (nSPS) is 17.2. The third kappa shape index (κ3) is 3.98. The van der Waals surface area contributed by atoms with Crippen LogP contribution in [0.2, 0.25) is 0 Å². The van der Waals surface area contributed by atoms with Crippen LogP contribution in [0, 0.1) is 0 Å². The molecule has 0 bridgehead atoms. The van der Waals surface area contributed by atoms with Crippen LogP contribution in [-0.4, -0.2) is 45.7 Å². The Morgan fingerprint density at radius 3 is 2.86 bits per heavy atom. The van der Waals surface area contributed by atoms with Gasteiger partial charge in [-0.25, -0.2) is 4.98 Å². The van der Waals surface area contributed by atoms with E-state index < -0.39 is 0 Å². The topological polar surface area (TPSA) is 81.4 Å². The number of nitrogens with zero attached hydrogens (tertiary/aromatic N) is 4. The monoisotopic (exact) mass is 398 g/mol. The lowest BCUT2D eigenvalue weighted by Crippen LogP contribution is -2.44. The van der Waals surface area contributed by atoms with Crippen LogP contribution in [0.25, 0.3) is 11.5 Å². The minimum atomic E-state index is -0.356. The molecular formula is C20H22N4O3S. The number of morpholine rings is 1. The molecule has 1 aliphatic rings. The van der Waals surface area contributed by atoms with E-state index in [9.17, 15) is 4.79 Å². The second-order valence-corrected chi connectivity index (χ2v) is 7.90. The Morgan fingerprint density at radius 1 is 1.29 bits per heavy atom. The minimum absolute atomic E-state index is 0.0000303. The number of thiazole rings is 1. The number of hydrogen-bond acceptors (Lipinski definition) is 7. The van der Waals surface area contributed by atoms with Gasteiger partial charge in [0.15, 0.2) is 5.82 Å². The average Bonchev–Trinajstić information content (AvgIpc) is 3.38. The van der Waals surface area contributed by atoms with Crippen LogP contribution in [-0.2, 0) is 16.0 Å². The SMILES string of the molecule is CC(C)c1nc(CC(=O)N2CCOCC2c2noc(-c3ccccc3)n2)cs1. The number of carbonyl (C=O) groups excluding carboxylic acids is 1. The van der Waals surface area contributed by atoms with Gasteiger partial charge in [-0.3, -0.25) is 4.79 Å². The van der Waals surface area contributed by atoms with Crippen LogP contribution in [0.4, 0.5) is 0 Å². The Balaban J connectivity index is 1.51. The minimum Gasteiger partial charge on any atom is -0.377 e. The molecule has 0 spiro atoms. The van der Waals surface area contributed by atoms with E-state index in [1.807, 2.05) is 35.7 Å². The molecule has 4 rings (SSSR count). The highest BCUT2D eigenvalue weighted by Gasteiger charge is 2.32. The molecule has 7 nitrogen and oxygen atoms in total. The van der Waals surface area contributed by atoms with Crippen molar-refractivity contribution in [2.45, 2.75) is 32.2 Å². The van der Waals surface area contributed by atoms with E-state index in [0.717, 1.165) is 16.3 Å². The molecule has 8 heteroatoms. The molecule has 1 unspecified atom stereocenters. The Kier molecular flexibility index (Phi) is 5.50. The summed E-state index contributed by atoms with van der Waals surface area (Å²) < 4.78 is 11.0. The molecule has 28 heavy (non-hydrogen) atoms. The summed E-state index contributed by atoms with van der Waals surface area (Å²) in [4.78, 5) is 23.8. The Labute approximate surface area is 167 Å². The highest BCUT2D eigenvalue weighted by atomic mass is 32.1. The van der Waals surface area contributed by atoms with Crippen molar-refractivity contribution < 1.29 is 14.1 Å². The molecule has 146 valence electrons. The number of rotatable bonds is 5. The quantitative estimate of drug-likeness (QED) is 0.655. The van der Waals surface area contributed by atoms with Gasteiger partial charge in [0.2, 0.25) is 5.91 Å². The van der Waals surface area contributed by atoms with Gasteiger partial charge in [-0.2, -0.15) is 4.98 Å². The maximum absolute atomic E-state index is 13.0. The number of hydrogen-bond donors (Lipinski definition) is 0. The molecule has 1 amide bonds. The maximum atomic E-state index is 13.0. The van der Waals surface area contributed by atoms with Gasteiger partial charge in [-0.15, -0.1) is 11.3 Å². The van der Waals surface area contributed by atoms with Crippen molar-refractivity contribution in [3.63, 3.8) is 0 Å². The zero-order valence-corrected chi connectivity index (χ0v) is 16.7. The summed E-state index contributed by atoms with van der Waals surface area (Å²) in [5.41, 5.74) is 1.65. The largest absolute Gasteiger partial charge is 0.377 e. The van der Waals surface area contributed by atoms with Gasteiger partial charge in [0.1, 0.15) is 6.04 Å². The molecule has 0 aliphatic carbocycles. The van der Waals surface area contributed by atoms with Gasteiger partial charge < -0.3 is 14.2 Å². The Morgan fingerprint density at radius 2 is 2.11 bits per heavy atom. The van der Waals surface area contributed by atoms with Crippen molar-refractivity contribution >= 4 is 17.2 Å². The molecule has 0 radical (unpaired) electrons. The van der Waals surface area contributed by atoms with Crippen LogP contribution in [0.1, 0.15) is 42.3 Å². The van der Waals surface area contributed by atoms with E-state index in [1.54, 1.807) is 16.2 Å². The van der Waals surface area contributed by atoms with Crippen molar-refractivity contribution in [1.29, 1.82) is 0 Å². The van der Waals surface area contributed by atoms with Crippen molar-refractivity contribution in [3.05, 3.63) is 52.2 Å². The predicted octanol–water partition coefficient (Wildman–Crippen LogP) is 3.46. The smallest absolute Gasteiger partial charge is 0.257 e. The number of ether oxygens (including phenoxy) is 1. The average molecular weight is 398 g/mol. The molecule has 1 aliphatic heterocycles.